The number of ether oxygens (including phenoxy) is 3. The van der Waals surface area contributed by atoms with E-state index in [4.69, 9.17) is 14.2 Å². The summed E-state index contributed by atoms with van der Waals surface area (Å²) in [6.45, 7) is 7.64. The van der Waals surface area contributed by atoms with Gasteiger partial charge in [0.15, 0.2) is 11.5 Å². The monoisotopic (exact) mass is 428 g/mol. The van der Waals surface area contributed by atoms with Crippen LogP contribution in [-0.2, 0) is 22.6 Å². The summed E-state index contributed by atoms with van der Waals surface area (Å²) in [6, 6.07) is 6.15. The zero-order valence-corrected chi connectivity index (χ0v) is 18.4. The normalized spacial score (nSPS) is 21.5. The van der Waals surface area contributed by atoms with Crippen molar-refractivity contribution in [2.75, 3.05) is 46.6 Å². The standard InChI is InChI=1S/C23H32N4O4/c1-18(28)27-12-19-11-26(14-21(27)16-30-15-19)13-20-5-3-6-22(29-2)23(20)31-10-4-8-25-9-7-24-17-25/h3,5-7,9,17,19,21H,4,8,10-16H2,1-2H3/t19-,21-/m0/s1. The number of para-hydroxylation sites is 1. The molecule has 2 atom stereocenters. The van der Waals surface area contributed by atoms with Gasteiger partial charge in [0.05, 0.1) is 39.3 Å². The number of hydrogen-bond donors (Lipinski definition) is 0. The minimum atomic E-state index is 0.0927. The van der Waals surface area contributed by atoms with Gasteiger partial charge in [-0.05, 0) is 12.5 Å². The average Bonchev–Trinajstić information content (AvgIpc) is 3.10. The van der Waals surface area contributed by atoms with Crippen LogP contribution >= 0.6 is 0 Å². The first-order valence-corrected chi connectivity index (χ1v) is 11.0. The molecule has 2 aliphatic rings. The molecule has 8 heteroatoms. The van der Waals surface area contributed by atoms with E-state index in [2.05, 4.69) is 16.0 Å². The highest BCUT2D eigenvalue weighted by molar-refractivity contribution is 5.73. The van der Waals surface area contributed by atoms with Crippen molar-refractivity contribution in [3.05, 3.63) is 42.5 Å². The fraction of sp³-hybridized carbons (Fsp3) is 0.565. The molecule has 4 rings (SSSR count). The molecule has 1 aromatic heterocycles. The highest BCUT2D eigenvalue weighted by atomic mass is 16.5. The Morgan fingerprint density at radius 3 is 2.94 bits per heavy atom. The molecule has 2 bridgehead atoms. The molecular formula is C23H32N4O4. The zero-order valence-electron chi connectivity index (χ0n) is 18.4. The summed E-state index contributed by atoms with van der Waals surface area (Å²) in [6.07, 6.45) is 6.44. The fourth-order valence-electron chi connectivity index (χ4n) is 4.55. The van der Waals surface area contributed by atoms with Crippen molar-refractivity contribution in [1.29, 1.82) is 0 Å². The van der Waals surface area contributed by atoms with Gasteiger partial charge >= 0.3 is 0 Å². The van der Waals surface area contributed by atoms with Crippen molar-refractivity contribution in [2.45, 2.75) is 32.5 Å². The van der Waals surface area contributed by atoms with Gasteiger partial charge in [-0.3, -0.25) is 9.69 Å². The Balaban J connectivity index is 1.44. The number of aryl methyl sites for hydroxylation is 1. The fourth-order valence-corrected chi connectivity index (χ4v) is 4.55. The van der Waals surface area contributed by atoms with Crippen LogP contribution in [0.2, 0.25) is 0 Å². The maximum absolute atomic E-state index is 12.1. The summed E-state index contributed by atoms with van der Waals surface area (Å²) >= 11 is 0. The molecule has 2 fully saturated rings. The van der Waals surface area contributed by atoms with Crippen LogP contribution in [0.1, 0.15) is 18.9 Å². The first kappa shape index (κ1) is 21.6. The zero-order chi connectivity index (χ0) is 21.6. The van der Waals surface area contributed by atoms with E-state index < -0.39 is 0 Å². The predicted molar refractivity (Wildman–Crippen MR) is 116 cm³/mol. The summed E-state index contributed by atoms with van der Waals surface area (Å²) in [7, 11) is 1.68. The SMILES string of the molecule is COc1cccc(CN2C[C@@H]3COC[C@H](C2)N(C(C)=O)C3)c1OCCCn1ccnc1. The predicted octanol–water partition coefficient (Wildman–Crippen LogP) is 2.04. The number of benzene rings is 1. The van der Waals surface area contributed by atoms with E-state index in [1.165, 1.54) is 0 Å². The Morgan fingerprint density at radius 2 is 2.16 bits per heavy atom. The van der Waals surface area contributed by atoms with E-state index in [1.807, 2.05) is 34.1 Å². The van der Waals surface area contributed by atoms with Crippen LogP contribution in [0.3, 0.4) is 0 Å². The lowest BCUT2D eigenvalue weighted by Crippen LogP contribution is -2.45. The van der Waals surface area contributed by atoms with Crippen molar-refractivity contribution in [1.82, 2.24) is 19.4 Å². The molecule has 8 nitrogen and oxygen atoms in total. The minimum absolute atomic E-state index is 0.0927. The third kappa shape index (κ3) is 5.37. The molecule has 0 saturated carbocycles. The lowest BCUT2D eigenvalue weighted by Gasteiger charge is -2.31. The van der Waals surface area contributed by atoms with E-state index in [1.54, 1.807) is 20.2 Å². The second-order valence-electron chi connectivity index (χ2n) is 8.37. The molecule has 1 amide bonds. The highest BCUT2D eigenvalue weighted by Crippen LogP contribution is 2.33. The van der Waals surface area contributed by atoms with Gasteiger partial charge in [0, 0.05) is 63.5 Å². The second-order valence-corrected chi connectivity index (χ2v) is 8.37. The highest BCUT2D eigenvalue weighted by Gasteiger charge is 2.34. The molecule has 1 aromatic carbocycles. The van der Waals surface area contributed by atoms with Gasteiger partial charge in [0.25, 0.3) is 0 Å². The van der Waals surface area contributed by atoms with Crippen LogP contribution in [-0.4, -0.2) is 77.9 Å². The molecule has 0 aliphatic carbocycles. The second kappa shape index (κ2) is 10.2. The molecule has 2 aromatic rings. The van der Waals surface area contributed by atoms with Gasteiger partial charge < -0.3 is 23.7 Å². The number of carbonyl (C=O) groups excluding carboxylic acids is 1. The first-order valence-electron chi connectivity index (χ1n) is 11.0. The number of nitrogens with zero attached hydrogens (tertiary/aromatic N) is 4. The molecule has 0 radical (unpaired) electrons. The molecule has 2 saturated heterocycles. The van der Waals surface area contributed by atoms with Crippen LogP contribution in [0, 0.1) is 5.92 Å². The Morgan fingerprint density at radius 1 is 1.26 bits per heavy atom. The van der Waals surface area contributed by atoms with Crippen molar-refractivity contribution < 1.29 is 19.0 Å². The number of aromatic nitrogens is 2. The quantitative estimate of drug-likeness (QED) is 0.600. The van der Waals surface area contributed by atoms with Crippen LogP contribution in [0.4, 0.5) is 0 Å². The number of rotatable bonds is 8. The number of imidazole rings is 1. The van der Waals surface area contributed by atoms with E-state index in [-0.39, 0.29) is 11.9 Å². The van der Waals surface area contributed by atoms with Gasteiger partial charge in [-0.2, -0.15) is 0 Å². The Labute approximate surface area is 183 Å². The van der Waals surface area contributed by atoms with Crippen LogP contribution in [0.25, 0.3) is 0 Å². The number of fused-ring (bicyclic) bond motifs is 3. The average molecular weight is 429 g/mol. The molecule has 3 heterocycles. The molecular weight excluding hydrogens is 396 g/mol. The summed E-state index contributed by atoms with van der Waals surface area (Å²) in [5, 5.41) is 0. The van der Waals surface area contributed by atoms with Crippen molar-refractivity contribution in [3.8, 4) is 11.5 Å². The van der Waals surface area contributed by atoms with E-state index >= 15 is 0 Å². The van der Waals surface area contributed by atoms with Crippen molar-refractivity contribution in [3.63, 3.8) is 0 Å². The molecule has 31 heavy (non-hydrogen) atoms. The molecule has 168 valence electrons. The largest absolute Gasteiger partial charge is 0.493 e. The smallest absolute Gasteiger partial charge is 0.219 e. The van der Waals surface area contributed by atoms with E-state index in [0.29, 0.717) is 25.7 Å². The Bertz CT molecular complexity index is 857. The van der Waals surface area contributed by atoms with Crippen molar-refractivity contribution >= 4 is 5.91 Å². The van der Waals surface area contributed by atoms with Crippen molar-refractivity contribution in [2.24, 2.45) is 5.92 Å². The maximum Gasteiger partial charge on any atom is 0.219 e. The lowest BCUT2D eigenvalue weighted by atomic mass is 10.1. The number of hydrogen-bond acceptors (Lipinski definition) is 6. The molecule has 0 N–H and O–H groups in total. The van der Waals surface area contributed by atoms with Gasteiger partial charge in [-0.25, -0.2) is 4.98 Å². The third-order valence-corrected chi connectivity index (χ3v) is 5.99. The number of carbonyl (C=O) groups is 1. The van der Waals surface area contributed by atoms with Crippen LogP contribution in [0.5, 0.6) is 11.5 Å². The Kier molecular flexibility index (Phi) is 7.09. The van der Waals surface area contributed by atoms with Gasteiger partial charge in [-0.1, -0.05) is 12.1 Å². The van der Waals surface area contributed by atoms with Crippen LogP contribution < -0.4 is 9.47 Å². The van der Waals surface area contributed by atoms with E-state index in [9.17, 15) is 4.79 Å². The maximum atomic E-state index is 12.1. The minimum Gasteiger partial charge on any atom is -0.493 e. The first-order chi connectivity index (χ1) is 15.1. The topological polar surface area (TPSA) is 69.1 Å². The lowest BCUT2D eigenvalue weighted by molar-refractivity contribution is -0.131. The van der Waals surface area contributed by atoms with Gasteiger partial charge in [0.2, 0.25) is 5.91 Å². The summed E-state index contributed by atoms with van der Waals surface area (Å²) in [5.41, 5.74) is 1.11. The number of methoxy groups -OCH3 is 1. The van der Waals surface area contributed by atoms with Gasteiger partial charge in [0.1, 0.15) is 0 Å². The number of amides is 1. The summed E-state index contributed by atoms with van der Waals surface area (Å²) < 4.78 is 19.7. The molecule has 0 spiro atoms. The van der Waals surface area contributed by atoms with E-state index in [0.717, 1.165) is 56.2 Å². The van der Waals surface area contributed by atoms with Gasteiger partial charge in [-0.15, -0.1) is 0 Å². The molecule has 0 unspecified atom stereocenters. The third-order valence-electron chi connectivity index (χ3n) is 5.99. The van der Waals surface area contributed by atoms with Crippen LogP contribution in [0.15, 0.2) is 36.9 Å². The Hall–Kier alpha value is -2.58. The summed E-state index contributed by atoms with van der Waals surface area (Å²) in [5.74, 6) is 2.01. The summed E-state index contributed by atoms with van der Waals surface area (Å²) in [4.78, 5) is 20.6. The molecule has 2 aliphatic heterocycles.